The second-order valence-electron chi connectivity index (χ2n) is 5.42. The van der Waals surface area contributed by atoms with Crippen LogP contribution in [0.3, 0.4) is 0 Å². The summed E-state index contributed by atoms with van der Waals surface area (Å²) in [6.45, 7) is 5.00. The fourth-order valence-electron chi connectivity index (χ4n) is 2.47. The van der Waals surface area contributed by atoms with Crippen LogP contribution in [0.5, 0.6) is 0 Å². The van der Waals surface area contributed by atoms with E-state index in [4.69, 9.17) is 4.74 Å². The molecule has 0 spiro atoms. The summed E-state index contributed by atoms with van der Waals surface area (Å²) < 4.78 is 5.70. The first-order valence-corrected chi connectivity index (χ1v) is 6.42. The molecule has 0 bridgehead atoms. The van der Waals surface area contributed by atoms with Crippen LogP contribution in [0, 0.1) is 17.2 Å². The first kappa shape index (κ1) is 12.9. The molecule has 2 nitrogen and oxygen atoms in total. The second-order valence-corrected chi connectivity index (χ2v) is 5.42. The molecule has 1 saturated heterocycles. The fraction of sp³-hybridized carbons (Fsp3) is 0.438. The molecule has 0 aromatic heterocycles. The van der Waals surface area contributed by atoms with Gasteiger partial charge in [-0.2, -0.15) is 5.26 Å². The molecule has 1 aliphatic rings. The van der Waals surface area contributed by atoms with E-state index in [1.165, 1.54) is 0 Å². The predicted molar refractivity (Wildman–Crippen MR) is 72.8 cm³/mol. The number of ether oxygens (including phenoxy) is 1. The van der Waals surface area contributed by atoms with Crippen molar-refractivity contribution in [3.63, 3.8) is 0 Å². The fourth-order valence-corrected chi connectivity index (χ4v) is 2.47. The largest absolute Gasteiger partial charge is 0.376 e. The average molecular weight is 241 g/mol. The summed E-state index contributed by atoms with van der Waals surface area (Å²) in [6.07, 6.45) is 4.09. The lowest BCUT2D eigenvalue weighted by molar-refractivity contribution is -0.0644. The van der Waals surface area contributed by atoms with Crippen LogP contribution >= 0.6 is 0 Å². The van der Waals surface area contributed by atoms with Crippen molar-refractivity contribution in [2.24, 2.45) is 5.92 Å². The topological polar surface area (TPSA) is 33.0 Å². The van der Waals surface area contributed by atoms with Crippen LogP contribution in [0.2, 0.25) is 0 Å². The summed E-state index contributed by atoms with van der Waals surface area (Å²) in [6, 6.07) is 12.2. The van der Waals surface area contributed by atoms with Crippen molar-refractivity contribution in [1.82, 2.24) is 0 Å². The van der Waals surface area contributed by atoms with Crippen molar-refractivity contribution in [1.29, 1.82) is 5.26 Å². The van der Waals surface area contributed by atoms with Crippen LogP contribution in [0.1, 0.15) is 32.3 Å². The Labute approximate surface area is 109 Å². The minimum atomic E-state index is -0.0727. The van der Waals surface area contributed by atoms with Crippen molar-refractivity contribution in [3.05, 3.63) is 42.0 Å². The van der Waals surface area contributed by atoms with Crippen LogP contribution in [0.15, 0.2) is 36.4 Å². The number of benzene rings is 1. The highest BCUT2D eigenvalue weighted by atomic mass is 16.5. The highest BCUT2D eigenvalue weighted by Crippen LogP contribution is 2.31. The van der Waals surface area contributed by atoms with Gasteiger partial charge in [-0.05, 0) is 38.2 Å². The minimum absolute atomic E-state index is 0.0727. The second kappa shape index (κ2) is 5.37. The molecule has 1 unspecified atom stereocenters. The van der Waals surface area contributed by atoms with Crippen LogP contribution in [-0.4, -0.2) is 12.2 Å². The van der Waals surface area contributed by atoms with Crippen LogP contribution in [0.25, 0.3) is 5.57 Å². The van der Waals surface area contributed by atoms with Gasteiger partial charge in [-0.15, -0.1) is 0 Å². The van der Waals surface area contributed by atoms with E-state index in [0.717, 1.165) is 30.6 Å². The van der Waals surface area contributed by atoms with E-state index in [1.807, 2.05) is 30.3 Å². The lowest BCUT2D eigenvalue weighted by Gasteiger charge is -2.34. The Balaban J connectivity index is 2.18. The Bertz CT molecular complexity index is 468. The Morgan fingerprint density at radius 1 is 1.39 bits per heavy atom. The van der Waals surface area contributed by atoms with Crippen molar-refractivity contribution in [2.45, 2.75) is 32.3 Å². The van der Waals surface area contributed by atoms with E-state index >= 15 is 0 Å². The zero-order valence-corrected chi connectivity index (χ0v) is 11.0. The van der Waals surface area contributed by atoms with Crippen molar-refractivity contribution in [2.75, 3.05) is 6.61 Å². The van der Waals surface area contributed by atoms with Gasteiger partial charge in [-0.25, -0.2) is 0 Å². The van der Waals surface area contributed by atoms with Crippen LogP contribution in [-0.2, 0) is 4.74 Å². The van der Waals surface area contributed by atoms with E-state index in [9.17, 15) is 5.26 Å². The Hall–Kier alpha value is -1.59. The van der Waals surface area contributed by atoms with Gasteiger partial charge < -0.3 is 4.74 Å². The van der Waals surface area contributed by atoms with Crippen LogP contribution in [0.4, 0.5) is 0 Å². The van der Waals surface area contributed by atoms with Crippen molar-refractivity contribution >= 4 is 5.57 Å². The van der Waals surface area contributed by atoms with Gasteiger partial charge in [-0.1, -0.05) is 36.4 Å². The molecule has 1 aliphatic heterocycles. The van der Waals surface area contributed by atoms with Gasteiger partial charge in [0.1, 0.15) is 0 Å². The molecule has 1 fully saturated rings. The average Bonchev–Trinajstić information content (AvgIpc) is 2.36. The molecule has 0 amide bonds. The lowest BCUT2D eigenvalue weighted by atomic mass is 9.86. The highest BCUT2D eigenvalue weighted by Gasteiger charge is 2.27. The summed E-state index contributed by atoms with van der Waals surface area (Å²) in [7, 11) is 0. The van der Waals surface area contributed by atoms with E-state index in [0.29, 0.717) is 5.92 Å². The monoisotopic (exact) mass is 241 g/mol. The maximum absolute atomic E-state index is 9.29. The first-order valence-electron chi connectivity index (χ1n) is 6.42. The molecular weight excluding hydrogens is 222 g/mol. The molecule has 0 N–H and O–H groups in total. The molecule has 2 heteroatoms. The number of nitrogens with zero attached hydrogens (tertiary/aromatic N) is 1. The lowest BCUT2D eigenvalue weighted by Crippen LogP contribution is -2.33. The Kier molecular flexibility index (Phi) is 3.84. The SMILES string of the molecule is CC1(C)CC(/C=C(\C#N)c2ccccc2)CCO1. The summed E-state index contributed by atoms with van der Waals surface area (Å²) in [4.78, 5) is 0. The summed E-state index contributed by atoms with van der Waals surface area (Å²) in [5.41, 5.74) is 1.71. The Morgan fingerprint density at radius 3 is 2.72 bits per heavy atom. The van der Waals surface area contributed by atoms with Gasteiger partial charge in [-0.3, -0.25) is 0 Å². The van der Waals surface area contributed by atoms with Gasteiger partial charge in [0.2, 0.25) is 0 Å². The first-order chi connectivity index (χ1) is 8.61. The van der Waals surface area contributed by atoms with E-state index < -0.39 is 0 Å². The third-order valence-corrected chi connectivity index (χ3v) is 3.34. The summed E-state index contributed by atoms with van der Waals surface area (Å²) >= 11 is 0. The third kappa shape index (κ3) is 3.21. The highest BCUT2D eigenvalue weighted by molar-refractivity contribution is 5.76. The third-order valence-electron chi connectivity index (χ3n) is 3.34. The number of rotatable bonds is 2. The van der Waals surface area contributed by atoms with Gasteiger partial charge in [0.15, 0.2) is 0 Å². The minimum Gasteiger partial charge on any atom is -0.376 e. The number of hydrogen-bond acceptors (Lipinski definition) is 2. The molecule has 1 aromatic rings. The maximum atomic E-state index is 9.29. The standard InChI is InChI=1S/C16H19NO/c1-16(2)11-13(8-9-18-16)10-15(12-17)14-6-4-3-5-7-14/h3-7,10,13H,8-9,11H2,1-2H3/b15-10+. The zero-order chi connectivity index (χ0) is 13.0. The smallest absolute Gasteiger partial charge is 0.0994 e. The van der Waals surface area contributed by atoms with Gasteiger partial charge >= 0.3 is 0 Å². The molecule has 1 atom stereocenters. The molecule has 18 heavy (non-hydrogen) atoms. The normalized spacial score (nSPS) is 23.4. The quantitative estimate of drug-likeness (QED) is 0.738. The number of hydrogen-bond donors (Lipinski definition) is 0. The molecule has 0 aliphatic carbocycles. The van der Waals surface area contributed by atoms with Crippen LogP contribution < -0.4 is 0 Å². The molecule has 0 saturated carbocycles. The van der Waals surface area contributed by atoms with E-state index in [1.54, 1.807) is 0 Å². The molecule has 2 rings (SSSR count). The summed E-state index contributed by atoms with van der Waals surface area (Å²) in [5.74, 6) is 0.434. The summed E-state index contributed by atoms with van der Waals surface area (Å²) in [5, 5.41) is 9.29. The maximum Gasteiger partial charge on any atom is 0.0994 e. The molecule has 1 aromatic carbocycles. The van der Waals surface area contributed by atoms with E-state index in [-0.39, 0.29) is 5.60 Å². The van der Waals surface area contributed by atoms with Gasteiger partial charge in [0.05, 0.1) is 17.2 Å². The zero-order valence-electron chi connectivity index (χ0n) is 11.0. The van der Waals surface area contributed by atoms with E-state index in [2.05, 4.69) is 26.0 Å². The number of allylic oxidation sites excluding steroid dienone is 2. The molecule has 0 radical (unpaired) electrons. The molecular formula is C16H19NO. The molecule has 1 heterocycles. The van der Waals surface area contributed by atoms with Gasteiger partial charge in [0, 0.05) is 6.61 Å². The predicted octanol–water partition coefficient (Wildman–Crippen LogP) is 3.80. The van der Waals surface area contributed by atoms with Gasteiger partial charge in [0.25, 0.3) is 0 Å². The van der Waals surface area contributed by atoms with Crippen molar-refractivity contribution < 1.29 is 4.74 Å². The Morgan fingerprint density at radius 2 is 2.11 bits per heavy atom. The van der Waals surface area contributed by atoms with Crippen molar-refractivity contribution in [3.8, 4) is 6.07 Å². The molecule has 94 valence electrons. The number of nitriles is 1.